The highest BCUT2D eigenvalue weighted by Gasteiger charge is 2.41. The Kier molecular flexibility index (Phi) is 7.29. The summed E-state index contributed by atoms with van der Waals surface area (Å²) in [6.45, 7) is -3.12. The number of hydrogen-bond acceptors (Lipinski definition) is 7. The predicted octanol–water partition coefficient (Wildman–Crippen LogP) is 2.22. The van der Waals surface area contributed by atoms with Gasteiger partial charge < -0.3 is 20.9 Å². The summed E-state index contributed by atoms with van der Waals surface area (Å²) in [5.41, 5.74) is 5.62. The van der Waals surface area contributed by atoms with Crippen LogP contribution in [0.3, 0.4) is 0 Å². The molecule has 0 unspecified atom stereocenters. The first-order valence-electron chi connectivity index (χ1n) is 9.42. The Hall–Kier alpha value is -3.50. The molecule has 33 heavy (non-hydrogen) atoms. The number of amides is 1. The molecule has 8 nitrogen and oxygen atoms in total. The predicted molar refractivity (Wildman–Crippen MR) is 103 cm³/mol. The average molecular weight is 472 g/mol. The molecular formula is C20H17F5N4O4. The molecule has 0 bridgehead atoms. The van der Waals surface area contributed by atoms with Gasteiger partial charge in [-0.2, -0.15) is 8.78 Å². The minimum Gasteiger partial charge on any atom is -0.435 e. The molecule has 1 aliphatic rings. The third kappa shape index (κ3) is 6.99. The van der Waals surface area contributed by atoms with Gasteiger partial charge in [0.1, 0.15) is 5.75 Å². The summed E-state index contributed by atoms with van der Waals surface area (Å²) in [6.07, 6.45) is -5.45. The van der Waals surface area contributed by atoms with Gasteiger partial charge in [0, 0.05) is 24.4 Å². The van der Waals surface area contributed by atoms with E-state index in [9.17, 15) is 31.9 Å². The normalized spacial score (nSPS) is 20.3. The minimum atomic E-state index is -4.88. The molecule has 1 aromatic carbocycles. The quantitative estimate of drug-likeness (QED) is 0.451. The highest BCUT2D eigenvalue weighted by molar-refractivity contribution is 5.97. The molecule has 0 aliphatic heterocycles. The van der Waals surface area contributed by atoms with Crippen molar-refractivity contribution in [2.75, 3.05) is 5.73 Å². The molecule has 3 rings (SSSR count). The number of nitrogen functional groups attached to an aromatic ring is 1. The number of alkyl halides is 5. The maximum atomic E-state index is 12.8. The van der Waals surface area contributed by atoms with Crippen molar-refractivity contribution in [2.24, 2.45) is 0 Å². The number of aliphatic hydroxyl groups is 1. The zero-order valence-electron chi connectivity index (χ0n) is 16.6. The lowest BCUT2D eigenvalue weighted by atomic mass is 10.1. The Morgan fingerprint density at radius 3 is 2.55 bits per heavy atom. The number of aromatic nitrogens is 2. The van der Waals surface area contributed by atoms with Gasteiger partial charge in [0.25, 0.3) is 5.91 Å². The van der Waals surface area contributed by atoms with Gasteiger partial charge in [-0.25, -0.2) is 9.97 Å². The summed E-state index contributed by atoms with van der Waals surface area (Å²) in [5, 5.41) is 12.5. The maximum Gasteiger partial charge on any atom is 0.522 e. The number of nitrogens with one attached hydrogen (secondary N) is 1. The highest BCUT2D eigenvalue weighted by atomic mass is 19.4. The van der Waals surface area contributed by atoms with Crippen LogP contribution < -0.4 is 15.8 Å². The average Bonchev–Trinajstić information content (AvgIpc) is 3.04. The van der Waals surface area contributed by atoms with Crippen molar-refractivity contribution >= 4 is 11.9 Å². The van der Waals surface area contributed by atoms with Crippen LogP contribution in [0.1, 0.15) is 34.3 Å². The number of benzene rings is 1. The van der Waals surface area contributed by atoms with E-state index in [-0.39, 0.29) is 35.7 Å². The summed E-state index contributed by atoms with van der Waals surface area (Å²) in [5.74, 6) is 4.24. The summed E-state index contributed by atoms with van der Waals surface area (Å²) in [6, 6.07) is 2.36. The molecule has 176 valence electrons. The summed E-state index contributed by atoms with van der Waals surface area (Å²) in [7, 11) is 0. The van der Waals surface area contributed by atoms with E-state index in [4.69, 9.17) is 5.73 Å². The van der Waals surface area contributed by atoms with Crippen LogP contribution in [0.2, 0.25) is 0 Å². The zero-order valence-corrected chi connectivity index (χ0v) is 16.6. The second-order valence-corrected chi connectivity index (χ2v) is 6.97. The molecule has 0 saturated heterocycles. The monoisotopic (exact) mass is 472 g/mol. The topological polar surface area (TPSA) is 120 Å². The number of anilines is 1. The van der Waals surface area contributed by atoms with Crippen molar-refractivity contribution in [3.8, 4) is 17.6 Å². The number of carbonyl (C=O) groups is 1. The Bertz CT molecular complexity index is 1050. The van der Waals surface area contributed by atoms with Crippen LogP contribution in [0.5, 0.6) is 5.75 Å². The number of halogens is 5. The van der Waals surface area contributed by atoms with Gasteiger partial charge in [-0.1, -0.05) is 11.8 Å². The summed E-state index contributed by atoms with van der Waals surface area (Å²) >= 11 is 0. The van der Waals surface area contributed by atoms with Crippen LogP contribution in [0, 0.1) is 11.8 Å². The first-order valence-corrected chi connectivity index (χ1v) is 9.42. The molecule has 3 atom stereocenters. The van der Waals surface area contributed by atoms with Gasteiger partial charge in [-0.05, 0) is 24.6 Å². The Balaban J connectivity index is 1.82. The van der Waals surface area contributed by atoms with Gasteiger partial charge in [0.15, 0.2) is 0 Å². The van der Waals surface area contributed by atoms with Crippen LogP contribution in [0.15, 0.2) is 30.6 Å². The fourth-order valence-electron chi connectivity index (χ4n) is 3.20. The molecule has 2 aromatic rings. The number of hydrogen-bond donors (Lipinski definition) is 3. The second kappa shape index (κ2) is 9.97. The molecule has 1 saturated carbocycles. The van der Waals surface area contributed by atoms with Crippen molar-refractivity contribution in [2.45, 2.75) is 44.1 Å². The molecule has 0 spiro atoms. The molecule has 1 aromatic heterocycles. The van der Waals surface area contributed by atoms with Gasteiger partial charge >= 0.3 is 13.0 Å². The number of nitrogens with zero attached hydrogens (tertiary/aromatic N) is 2. The number of carbonyl (C=O) groups excluding carboxylic acids is 1. The van der Waals surface area contributed by atoms with Gasteiger partial charge in [0.2, 0.25) is 5.95 Å². The molecule has 1 amide bonds. The number of aliphatic hydroxyl groups excluding tert-OH is 1. The Labute approximate surface area is 183 Å². The molecule has 0 radical (unpaired) electrons. The lowest BCUT2D eigenvalue weighted by Crippen LogP contribution is -2.40. The largest absolute Gasteiger partial charge is 0.522 e. The maximum absolute atomic E-state index is 12.8. The van der Waals surface area contributed by atoms with Crippen molar-refractivity contribution in [3.63, 3.8) is 0 Å². The number of rotatable bonds is 5. The van der Waals surface area contributed by atoms with Crippen molar-refractivity contribution in [1.82, 2.24) is 15.3 Å². The third-order valence-electron chi connectivity index (χ3n) is 4.58. The van der Waals surface area contributed by atoms with Gasteiger partial charge in [-0.3, -0.25) is 9.53 Å². The van der Waals surface area contributed by atoms with E-state index in [2.05, 4.69) is 36.6 Å². The van der Waals surface area contributed by atoms with E-state index in [0.717, 1.165) is 12.1 Å². The van der Waals surface area contributed by atoms with E-state index < -0.39 is 37.1 Å². The first-order chi connectivity index (χ1) is 15.5. The highest BCUT2D eigenvalue weighted by Crippen LogP contribution is 2.30. The van der Waals surface area contributed by atoms with E-state index in [1.54, 1.807) is 0 Å². The van der Waals surface area contributed by atoms with Crippen molar-refractivity contribution in [1.29, 1.82) is 0 Å². The summed E-state index contributed by atoms with van der Waals surface area (Å²) < 4.78 is 70.7. The van der Waals surface area contributed by atoms with E-state index in [1.165, 1.54) is 18.5 Å². The van der Waals surface area contributed by atoms with Gasteiger partial charge in [0.05, 0.1) is 29.4 Å². The third-order valence-corrected chi connectivity index (χ3v) is 4.58. The van der Waals surface area contributed by atoms with Crippen LogP contribution in [0.25, 0.3) is 0 Å². The summed E-state index contributed by atoms with van der Waals surface area (Å²) in [4.78, 5) is 20.3. The van der Waals surface area contributed by atoms with Crippen LogP contribution in [-0.4, -0.2) is 52.2 Å². The number of ether oxygens (including phenoxy) is 2. The standard InChI is InChI=1S/C20H17F5N4O4/c21-18(22)32-12-3-4-14(11(5-12)2-1-10-8-27-19(26)28-9-10)17(31)29-15-6-13(7-16(15)30)33-20(23,24)25/h3-5,8-9,13,15-16,18,30H,6-7H2,(H,29,31)(H2,26,27,28)/t13-,15-,16-/m0/s1. The zero-order chi connectivity index (χ0) is 24.2. The molecule has 1 aliphatic carbocycles. The fraction of sp³-hybridized carbons (Fsp3) is 0.350. The van der Waals surface area contributed by atoms with Crippen LogP contribution >= 0.6 is 0 Å². The first kappa shape index (κ1) is 24.1. The van der Waals surface area contributed by atoms with Crippen molar-refractivity contribution in [3.05, 3.63) is 47.3 Å². The van der Waals surface area contributed by atoms with E-state index in [1.807, 2.05) is 0 Å². The van der Waals surface area contributed by atoms with Crippen LogP contribution in [0.4, 0.5) is 27.9 Å². The molecule has 4 N–H and O–H groups in total. The van der Waals surface area contributed by atoms with E-state index in [0.29, 0.717) is 5.56 Å². The molecular weight excluding hydrogens is 455 g/mol. The molecule has 1 heterocycles. The Morgan fingerprint density at radius 2 is 1.91 bits per heavy atom. The minimum absolute atomic E-state index is 0.0101. The van der Waals surface area contributed by atoms with Crippen molar-refractivity contribution < 1.29 is 41.3 Å². The lowest BCUT2D eigenvalue weighted by Gasteiger charge is -2.17. The SMILES string of the molecule is Nc1ncc(C#Cc2cc(OC(F)F)ccc2C(=O)N[C@H]2C[C@H](OC(F)(F)F)C[C@@H]2O)cn1. The van der Waals surface area contributed by atoms with E-state index >= 15 is 0 Å². The fourth-order valence-corrected chi connectivity index (χ4v) is 3.20. The number of nitrogens with two attached hydrogens (primary N) is 1. The Morgan fingerprint density at radius 1 is 1.21 bits per heavy atom. The lowest BCUT2D eigenvalue weighted by molar-refractivity contribution is -0.342. The van der Waals surface area contributed by atoms with Gasteiger partial charge in [-0.15, -0.1) is 13.2 Å². The van der Waals surface area contributed by atoms with Crippen LogP contribution in [-0.2, 0) is 4.74 Å². The second-order valence-electron chi connectivity index (χ2n) is 6.97. The molecule has 1 fully saturated rings. The smallest absolute Gasteiger partial charge is 0.435 e. The molecule has 13 heteroatoms.